The molecule has 0 spiro atoms. The van der Waals surface area contributed by atoms with Gasteiger partial charge in [0.15, 0.2) is 16.1 Å². The van der Waals surface area contributed by atoms with Crippen LogP contribution in [0, 0.1) is 0 Å². The van der Waals surface area contributed by atoms with Crippen LogP contribution in [-0.2, 0) is 11.8 Å². The largest absolute Gasteiger partial charge is 0.342 e. The van der Waals surface area contributed by atoms with Crippen molar-refractivity contribution in [1.82, 2.24) is 25.1 Å². The number of carbonyl (C=O) groups is 2. The molecule has 0 aliphatic heterocycles. The fourth-order valence-corrected chi connectivity index (χ4v) is 4.58. The summed E-state index contributed by atoms with van der Waals surface area (Å²) < 4.78 is 1.78. The molecule has 0 fully saturated rings. The molecule has 1 atom stereocenters. The first-order valence-electron chi connectivity index (χ1n) is 10.2. The van der Waals surface area contributed by atoms with E-state index in [1.807, 2.05) is 67.9 Å². The van der Waals surface area contributed by atoms with Gasteiger partial charge in [0.2, 0.25) is 5.91 Å². The minimum absolute atomic E-state index is 0.164. The van der Waals surface area contributed by atoms with Gasteiger partial charge in [0.25, 0.3) is 5.91 Å². The molecule has 33 heavy (non-hydrogen) atoms. The number of thioether (sulfide) groups is 1. The number of thiazole rings is 1. The summed E-state index contributed by atoms with van der Waals surface area (Å²) in [6.07, 6.45) is 0. The molecule has 10 heteroatoms. The van der Waals surface area contributed by atoms with Crippen molar-refractivity contribution >= 4 is 40.0 Å². The van der Waals surface area contributed by atoms with E-state index >= 15 is 0 Å². The monoisotopic (exact) mass is 478 g/mol. The zero-order valence-electron chi connectivity index (χ0n) is 18.1. The van der Waals surface area contributed by atoms with E-state index < -0.39 is 0 Å². The number of nitrogens with zero attached hydrogens (tertiary/aromatic N) is 4. The molecular formula is C23H22N6O2S2. The first kappa shape index (κ1) is 22.7. The lowest BCUT2D eigenvalue weighted by Crippen LogP contribution is -2.28. The molecule has 2 N–H and O–H groups in total. The van der Waals surface area contributed by atoms with Crippen LogP contribution in [0.3, 0.4) is 0 Å². The van der Waals surface area contributed by atoms with Gasteiger partial charge >= 0.3 is 0 Å². The molecule has 2 aromatic heterocycles. The van der Waals surface area contributed by atoms with Crippen LogP contribution in [0.1, 0.15) is 29.1 Å². The van der Waals surface area contributed by atoms with Crippen LogP contribution in [0.2, 0.25) is 0 Å². The number of rotatable bonds is 8. The maximum atomic E-state index is 12.4. The maximum Gasteiger partial charge on any atom is 0.251 e. The highest BCUT2D eigenvalue weighted by Gasteiger charge is 2.19. The lowest BCUT2D eigenvalue weighted by molar-refractivity contribution is -0.113. The molecule has 4 aromatic rings. The predicted octanol–water partition coefficient (Wildman–Crippen LogP) is 4.16. The zero-order valence-corrected chi connectivity index (χ0v) is 19.7. The number of amides is 2. The summed E-state index contributed by atoms with van der Waals surface area (Å²) in [6, 6.07) is 18.5. The number of hydrogen-bond donors (Lipinski definition) is 2. The van der Waals surface area contributed by atoms with Crippen LogP contribution in [0.25, 0.3) is 11.3 Å². The molecule has 0 radical (unpaired) electrons. The molecule has 0 unspecified atom stereocenters. The SMILES string of the molecule is C[C@@H](NC(=O)c1ccccc1)c1nnc(SCC(=O)Nc2nc(-c3ccccc3)cs2)n1C. The summed E-state index contributed by atoms with van der Waals surface area (Å²) in [5, 5.41) is 17.2. The molecule has 8 nitrogen and oxygen atoms in total. The minimum atomic E-state index is -0.342. The third kappa shape index (κ3) is 5.65. The summed E-state index contributed by atoms with van der Waals surface area (Å²) in [6.45, 7) is 1.85. The van der Waals surface area contributed by atoms with Crippen molar-refractivity contribution in [3.05, 3.63) is 77.4 Å². The van der Waals surface area contributed by atoms with E-state index in [2.05, 4.69) is 25.8 Å². The van der Waals surface area contributed by atoms with Crippen molar-refractivity contribution in [3.63, 3.8) is 0 Å². The van der Waals surface area contributed by atoms with E-state index in [1.165, 1.54) is 23.1 Å². The summed E-state index contributed by atoms with van der Waals surface area (Å²) in [5.74, 6) is 0.410. The average Bonchev–Trinajstić information content (AvgIpc) is 3.45. The first-order chi connectivity index (χ1) is 16.0. The molecule has 0 saturated heterocycles. The van der Waals surface area contributed by atoms with Gasteiger partial charge in [-0.25, -0.2) is 4.98 Å². The highest BCUT2D eigenvalue weighted by molar-refractivity contribution is 7.99. The predicted molar refractivity (Wildman–Crippen MR) is 130 cm³/mol. The summed E-state index contributed by atoms with van der Waals surface area (Å²) >= 11 is 2.66. The Morgan fingerprint density at radius 3 is 2.48 bits per heavy atom. The van der Waals surface area contributed by atoms with Crippen LogP contribution in [0.4, 0.5) is 5.13 Å². The van der Waals surface area contributed by atoms with Crippen molar-refractivity contribution < 1.29 is 9.59 Å². The highest BCUT2D eigenvalue weighted by atomic mass is 32.2. The van der Waals surface area contributed by atoms with Gasteiger partial charge < -0.3 is 15.2 Å². The van der Waals surface area contributed by atoms with E-state index in [1.54, 1.807) is 16.7 Å². The summed E-state index contributed by atoms with van der Waals surface area (Å²) in [5.41, 5.74) is 2.41. The van der Waals surface area contributed by atoms with Crippen LogP contribution in [0.5, 0.6) is 0 Å². The Labute approximate surface area is 199 Å². The van der Waals surface area contributed by atoms with Crippen molar-refractivity contribution in [2.75, 3.05) is 11.1 Å². The fraction of sp³-hybridized carbons (Fsp3) is 0.174. The Kier molecular flexibility index (Phi) is 7.16. The second kappa shape index (κ2) is 10.4. The first-order valence-corrected chi connectivity index (χ1v) is 12.1. The second-order valence-electron chi connectivity index (χ2n) is 7.20. The molecule has 2 amide bonds. The molecule has 0 aliphatic rings. The van der Waals surface area contributed by atoms with Crippen LogP contribution in [-0.4, -0.2) is 37.3 Å². The van der Waals surface area contributed by atoms with Crippen LogP contribution in [0.15, 0.2) is 71.2 Å². The number of aromatic nitrogens is 4. The van der Waals surface area contributed by atoms with E-state index in [-0.39, 0.29) is 23.6 Å². The fourth-order valence-electron chi connectivity index (χ4n) is 3.12. The molecule has 0 saturated carbocycles. The van der Waals surface area contributed by atoms with Gasteiger partial charge in [0, 0.05) is 23.6 Å². The molecule has 0 bridgehead atoms. The lowest BCUT2D eigenvalue weighted by Gasteiger charge is -2.13. The normalized spacial score (nSPS) is 11.7. The maximum absolute atomic E-state index is 12.4. The van der Waals surface area contributed by atoms with Crippen molar-refractivity contribution in [1.29, 1.82) is 0 Å². The molecule has 168 valence electrons. The van der Waals surface area contributed by atoms with E-state index in [0.29, 0.717) is 21.7 Å². The van der Waals surface area contributed by atoms with Crippen molar-refractivity contribution in [3.8, 4) is 11.3 Å². The minimum Gasteiger partial charge on any atom is -0.342 e. The Morgan fingerprint density at radius 2 is 1.76 bits per heavy atom. The van der Waals surface area contributed by atoms with E-state index in [0.717, 1.165) is 11.3 Å². The number of benzene rings is 2. The summed E-state index contributed by atoms with van der Waals surface area (Å²) in [4.78, 5) is 29.3. The third-order valence-corrected chi connectivity index (χ3v) is 6.57. The van der Waals surface area contributed by atoms with Crippen LogP contribution >= 0.6 is 23.1 Å². The van der Waals surface area contributed by atoms with Crippen molar-refractivity contribution in [2.24, 2.45) is 7.05 Å². The van der Waals surface area contributed by atoms with E-state index in [4.69, 9.17) is 0 Å². The summed E-state index contributed by atoms with van der Waals surface area (Å²) in [7, 11) is 1.81. The number of carbonyl (C=O) groups excluding carboxylic acids is 2. The van der Waals surface area contributed by atoms with Gasteiger partial charge in [-0.3, -0.25) is 9.59 Å². The second-order valence-corrected chi connectivity index (χ2v) is 9.00. The van der Waals surface area contributed by atoms with Gasteiger partial charge in [-0.2, -0.15) is 0 Å². The molecular weight excluding hydrogens is 456 g/mol. The van der Waals surface area contributed by atoms with Gasteiger partial charge in [0.1, 0.15) is 0 Å². The number of anilines is 1. The number of nitrogens with one attached hydrogen (secondary N) is 2. The molecule has 4 rings (SSSR count). The van der Waals surface area contributed by atoms with Gasteiger partial charge in [0.05, 0.1) is 17.5 Å². The molecule has 2 heterocycles. The highest BCUT2D eigenvalue weighted by Crippen LogP contribution is 2.25. The zero-order chi connectivity index (χ0) is 23.2. The Balaban J connectivity index is 1.31. The smallest absolute Gasteiger partial charge is 0.251 e. The van der Waals surface area contributed by atoms with Crippen molar-refractivity contribution in [2.45, 2.75) is 18.1 Å². The average molecular weight is 479 g/mol. The topological polar surface area (TPSA) is 102 Å². The Hall–Kier alpha value is -3.50. The Bertz CT molecular complexity index is 1240. The van der Waals surface area contributed by atoms with Gasteiger partial charge in [-0.1, -0.05) is 60.3 Å². The van der Waals surface area contributed by atoms with E-state index in [9.17, 15) is 9.59 Å². The van der Waals surface area contributed by atoms with Gasteiger partial charge in [-0.05, 0) is 19.1 Å². The molecule has 2 aromatic carbocycles. The number of hydrogen-bond acceptors (Lipinski definition) is 7. The Morgan fingerprint density at radius 1 is 1.06 bits per heavy atom. The lowest BCUT2D eigenvalue weighted by atomic mass is 10.2. The third-order valence-electron chi connectivity index (χ3n) is 4.79. The quantitative estimate of drug-likeness (QED) is 0.369. The molecule has 0 aliphatic carbocycles. The van der Waals surface area contributed by atoms with Gasteiger partial charge in [-0.15, -0.1) is 21.5 Å². The standard InChI is InChI=1S/C23H22N6O2S2/c1-15(24-21(31)17-11-7-4-8-12-17)20-27-28-23(29(20)2)33-14-19(30)26-22-25-18(13-32-22)16-9-5-3-6-10-16/h3-13,15H,14H2,1-2H3,(H,24,31)(H,25,26,30)/t15-/m1/s1. The van der Waals surface area contributed by atoms with Crippen LogP contribution < -0.4 is 10.6 Å².